The minimum absolute atomic E-state index is 0.286. The van der Waals surface area contributed by atoms with Crippen LogP contribution in [-0.2, 0) is 16.2 Å². The van der Waals surface area contributed by atoms with E-state index in [2.05, 4.69) is 15.8 Å². The maximum atomic E-state index is 12.2. The van der Waals surface area contributed by atoms with Gasteiger partial charge in [-0.15, -0.1) is 0 Å². The Morgan fingerprint density at radius 2 is 1.74 bits per heavy atom. The highest BCUT2D eigenvalue weighted by Crippen LogP contribution is 2.30. The summed E-state index contributed by atoms with van der Waals surface area (Å²) >= 11 is 6.18. The van der Waals surface area contributed by atoms with Crippen molar-refractivity contribution in [1.29, 1.82) is 0 Å². The fourth-order valence-corrected chi connectivity index (χ4v) is 3.27. The third kappa shape index (κ3) is 6.36. The van der Waals surface area contributed by atoms with E-state index in [9.17, 15) is 9.59 Å². The van der Waals surface area contributed by atoms with E-state index in [0.29, 0.717) is 33.5 Å². The van der Waals surface area contributed by atoms with Crippen LogP contribution in [0.15, 0.2) is 65.8 Å². The molecule has 0 radical (unpaired) electrons. The second-order valence-electron chi connectivity index (χ2n) is 7.66. The lowest BCUT2D eigenvalue weighted by Crippen LogP contribution is -2.33. The zero-order chi connectivity index (χ0) is 24.7. The van der Waals surface area contributed by atoms with Gasteiger partial charge in [0.15, 0.2) is 11.5 Å². The molecule has 0 aliphatic carbocycles. The molecule has 0 heterocycles. The molecule has 0 aliphatic heterocycles. The van der Waals surface area contributed by atoms with Crippen LogP contribution in [0.5, 0.6) is 11.5 Å². The lowest BCUT2D eigenvalue weighted by atomic mass is 10.1. The molecule has 2 N–H and O–H groups in total. The predicted octanol–water partition coefficient (Wildman–Crippen LogP) is 5.02. The Kier molecular flexibility index (Phi) is 8.27. The molecule has 0 fully saturated rings. The molecule has 0 atom stereocenters. The summed E-state index contributed by atoms with van der Waals surface area (Å²) in [6.45, 7) is 5.75. The van der Waals surface area contributed by atoms with Crippen molar-refractivity contribution >= 4 is 34.8 Å². The molecule has 0 aliphatic rings. The lowest BCUT2D eigenvalue weighted by molar-refractivity contribution is -0.136. The summed E-state index contributed by atoms with van der Waals surface area (Å²) in [4.78, 5) is 24.5. The first-order chi connectivity index (χ1) is 16.3. The molecular weight excluding hydrogens is 454 g/mol. The van der Waals surface area contributed by atoms with Crippen molar-refractivity contribution in [3.63, 3.8) is 0 Å². The summed E-state index contributed by atoms with van der Waals surface area (Å²) in [7, 11) is 1.54. The topological polar surface area (TPSA) is 89.0 Å². The second kappa shape index (κ2) is 11.3. The van der Waals surface area contributed by atoms with E-state index in [1.54, 1.807) is 37.3 Å². The van der Waals surface area contributed by atoms with E-state index in [1.165, 1.54) is 7.11 Å². The molecule has 8 heteroatoms. The second-order valence-corrected chi connectivity index (χ2v) is 8.06. The molecule has 3 rings (SSSR count). The molecule has 0 aromatic heterocycles. The standard InChI is InChI=1S/C26H26ClN3O4/c1-16-9-10-17(2)22(13-16)28-25(31)26(32)30-29-18(3)19-11-12-23(24(14-19)33-4)34-15-20-7-5-6-8-21(20)27/h5-14H,15H2,1-4H3,(H,28,31)(H,30,32)/b29-18+. The van der Waals surface area contributed by atoms with Crippen LogP contribution < -0.4 is 20.2 Å². The van der Waals surface area contributed by atoms with E-state index >= 15 is 0 Å². The molecule has 34 heavy (non-hydrogen) atoms. The first kappa shape index (κ1) is 24.8. The number of amides is 2. The van der Waals surface area contributed by atoms with Gasteiger partial charge in [-0.3, -0.25) is 9.59 Å². The summed E-state index contributed by atoms with van der Waals surface area (Å²) in [5.74, 6) is -0.632. The van der Waals surface area contributed by atoms with Crippen molar-refractivity contribution < 1.29 is 19.1 Å². The lowest BCUT2D eigenvalue weighted by Gasteiger charge is -2.13. The number of ether oxygens (including phenoxy) is 2. The first-order valence-electron chi connectivity index (χ1n) is 10.6. The Hall–Kier alpha value is -3.84. The molecular formula is C26H26ClN3O4. The Morgan fingerprint density at radius 1 is 0.971 bits per heavy atom. The number of nitrogens with one attached hydrogen (secondary N) is 2. The van der Waals surface area contributed by atoms with Gasteiger partial charge in [-0.25, -0.2) is 5.43 Å². The molecule has 0 bridgehead atoms. The number of carbonyl (C=O) groups excluding carboxylic acids is 2. The maximum Gasteiger partial charge on any atom is 0.329 e. The van der Waals surface area contributed by atoms with E-state index in [4.69, 9.17) is 21.1 Å². The number of aryl methyl sites for hydroxylation is 2. The number of anilines is 1. The van der Waals surface area contributed by atoms with Gasteiger partial charge in [0.2, 0.25) is 0 Å². The van der Waals surface area contributed by atoms with Crippen LogP contribution in [0.1, 0.15) is 29.2 Å². The number of hydrazone groups is 1. The number of benzene rings is 3. The number of rotatable bonds is 7. The average Bonchev–Trinajstić information content (AvgIpc) is 2.83. The summed E-state index contributed by atoms with van der Waals surface area (Å²) in [6.07, 6.45) is 0. The Labute approximate surface area is 203 Å². The van der Waals surface area contributed by atoms with Gasteiger partial charge in [0, 0.05) is 21.8 Å². The smallest absolute Gasteiger partial charge is 0.329 e. The van der Waals surface area contributed by atoms with E-state index in [0.717, 1.165) is 16.7 Å². The van der Waals surface area contributed by atoms with Gasteiger partial charge >= 0.3 is 11.8 Å². The number of methoxy groups -OCH3 is 1. The van der Waals surface area contributed by atoms with E-state index in [1.807, 2.05) is 44.2 Å². The SMILES string of the molecule is COc1cc(/C(C)=N/NC(=O)C(=O)Nc2cc(C)ccc2C)ccc1OCc1ccccc1Cl. The molecule has 0 saturated heterocycles. The molecule has 0 spiro atoms. The number of hydrogen-bond acceptors (Lipinski definition) is 5. The third-order valence-corrected chi connectivity index (χ3v) is 5.46. The molecule has 176 valence electrons. The van der Waals surface area contributed by atoms with Gasteiger partial charge in [-0.05, 0) is 62.2 Å². The van der Waals surface area contributed by atoms with Crippen LogP contribution in [-0.4, -0.2) is 24.6 Å². The van der Waals surface area contributed by atoms with Crippen LogP contribution in [0.2, 0.25) is 5.02 Å². The number of carbonyl (C=O) groups is 2. The van der Waals surface area contributed by atoms with Gasteiger partial charge in [0.1, 0.15) is 6.61 Å². The van der Waals surface area contributed by atoms with E-state index < -0.39 is 11.8 Å². The molecule has 3 aromatic rings. The Balaban J connectivity index is 1.65. The van der Waals surface area contributed by atoms with Crippen LogP contribution in [0, 0.1) is 13.8 Å². The molecule has 7 nitrogen and oxygen atoms in total. The van der Waals surface area contributed by atoms with Crippen molar-refractivity contribution in [3.8, 4) is 11.5 Å². The fraction of sp³-hybridized carbons (Fsp3) is 0.192. The van der Waals surface area contributed by atoms with E-state index in [-0.39, 0.29) is 6.61 Å². The third-order valence-electron chi connectivity index (χ3n) is 5.10. The Bertz CT molecular complexity index is 1240. The van der Waals surface area contributed by atoms with Crippen molar-refractivity contribution in [2.45, 2.75) is 27.4 Å². The first-order valence-corrected chi connectivity index (χ1v) is 10.9. The zero-order valence-electron chi connectivity index (χ0n) is 19.4. The van der Waals surface area contributed by atoms with Crippen molar-refractivity contribution in [1.82, 2.24) is 5.43 Å². The number of hydrogen-bond donors (Lipinski definition) is 2. The van der Waals surface area contributed by atoms with Crippen molar-refractivity contribution in [3.05, 3.63) is 87.9 Å². The fourth-order valence-electron chi connectivity index (χ4n) is 3.08. The van der Waals surface area contributed by atoms with Crippen LogP contribution in [0.3, 0.4) is 0 Å². The average molecular weight is 480 g/mol. The largest absolute Gasteiger partial charge is 0.493 e. The van der Waals surface area contributed by atoms with Crippen LogP contribution >= 0.6 is 11.6 Å². The number of nitrogens with zero attached hydrogens (tertiary/aromatic N) is 1. The van der Waals surface area contributed by atoms with Gasteiger partial charge in [-0.2, -0.15) is 5.10 Å². The van der Waals surface area contributed by atoms with Crippen LogP contribution in [0.4, 0.5) is 5.69 Å². The van der Waals surface area contributed by atoms with Crippen molar-refractivity contribution in [2.75, 3.05) is 12.4 Å². The molecule has 3 aromatic carbocycles. The summed E-state index contributed by atoms with van der Waals surface area (Å²) < 4.78 is 11.3. The Morgan fingerprint density at radius 3 is 2.47 bits per heavy atom. The highest BCUT2D eigenvalue weighted by molar-refractivity contribution is 6.39. The predicted molar refractivity (Wildman–Crippen MR) is 134 cm³/mol. The summed E-state index contributed by atoms with van der Waals surface area (Å²) in [5, 5.41) is 7.28. The molecule has 0 unspecified atom stereocenters. The quantitative estimate of drug-likeness (QED) is 0.283. The van der Waals surface area contributed by atoms with Gasteiger partial charge in [0.05, 0.1) is 12.8 Å². The zero-order valence-corrected chi connectivity index (χ0v) is 20.2. The minimum atomic E-state index is -0.869. The molecule has 0 saturated carbocycles. The van der Waals surface area contributed by atoms with Gasteiger partial charge in [0.25, 0.3) is 0 Å². The summed E-state index contributed by atoms with van der Waals surface area (Å²) in [6, 6.07) is 18.3. The minimum Gasteiger partial charge on any atom is -0.493 e. The maximum absolute atomic E-state index is 12.2. The van der Waals surface area contributed by atoms with Gasteiger partial charge < -0.3 is 14.8 Å². The van der Waals surface area contributed by atoms with Gasteiger partial charge in [-0.1, -0.05) is 41.9 Å². The van der Waals surface area contributed by atoms with Crippen molar-refractivity contribution in [2.24, 2.45) is 5.10 Å². The summed E-state index contributed by atoms with van der Waals surface area (Å²) in [5.41, 5.74) is 6.74. The monoisotopic (exact) mass is 479 g/mol. The highest BCUT2D eigenvalue weighted by Gasteiger charge is 2.15. The molecule has 2 amide bonds. The normalized spacial score (nSPS) is 11.0. The highest BCUT2D eigenvalue weighted by atomic mass is 35.5. The van der Waals surface area contributed by atoms with Crippen LogP contribution in [0.25, 0.3) is 0 Å². The number of halogens is 1.